The molecule has 2 aromatic rings. The van der Waals surface area contributed by atoms with E-state index in [2.05, 4.69) is 78.6 Å². The molecular formula is C29H34N5O2+. The van der Waals surface area contributed by atoms with Crippen LogP contribution in [-0.2, 0) is 0 Å². The van der Waals surface area contributed by atoms with E-state index in [0.29, 0.717) is 5.56 Å². The second kappa shape index (κ2) is 10.6. The third-order valence-electron chi connectivity index (χ3n) is 6.60. The summed E-state index contributed by atoms with van der Waals surface area (Å²) < 4.78 is 8.81. The highest BCUT2D eigenvalue weighted by Crippen LogP contribution is 2.42. The van der Waals surface area contributed by atoms with Crippen molar-refractivity contribution in [3.63, 3.8) is 0 Å². The summed E-state index contributed by atoms with van der Waals surface area (Å²) in [7, 11) is 0. The van der Waals surface area contributed by atoms with Crippen LogP contribution in [0.2, 0.25) is 0 Å². The largest absolute Gasteiger partial charge is 0.456 e. The summed E-state index contributed by atoms with van der Waals surface area (Å²) in [5.41, 5.74) is 15.9. The molecule has 2 aromatic carbocycles. The number of guanidine groups is 1. The molecule has 7 nitrogen and oxygen atoms in total. The number of anilines is 1. The summed E-state index contributed by atoms with van der Waals surface area (Å²) >= 11 is 0. The highest BCUT2D eigenvalue weighted by atomic mass is 16.3. The zero-order valence-corrected chi connectivity index (χ0v) is 21.4. The molecule has 0 saturated carbocycles. The maximum absolute atomic E-state index is 13.0. The van der Waals surface area contributed by atoms with Crippen molar-refractivity contribution in [1.29, 1.82) is 0 Å². The summed E-state index contributed by atoms with van der Waals surface area (Å²) in [6.45, 7) is 12.1. The highest BCUT2D eigenvalue weighted by Gasteiger charge is 2.22. The van der Waals surface area contributed by atoms with E-state index in [9.17, 15) is 4.79 Å². The van der Waals surface area contributed by atoms with E-state index in [1.54, 1.807) is 6.07 Å². The van der Waals surface area contributed by atoms with Crippen molar-refractivity contribution in [2.75, 3.05) is 31.1 Å². The third kappa shape index (κ3) is 4.69. The molecule has 0 fully saturated rings. The number of nitrogens with zero attached hydrogens (tertiary/aromatic N) is 3. The van der Waals surface area contributed by atoms with Gasteiger partial charge in [0.05, 0.1) is 6.07 Å². The molecule has 4 N–H and O–H groups in total. The first-order valence-electron chi connectivity index (χ1n) is 12.5. The van der Waals surface area contributed by atoms with Crippen molar-refractivity contribution in [2.45, 2.75) is 27.7 Å². The average molecular weight is 485 g/mol. The molecule has 2 aliphatic rings. The van der Waals surface area contributed by atoms with E-state index in [1.165, 1.54) is 0 Å². The zero-order chi connectivity index (χ0) is 25.8. The summed E-state index contributed by atoms with van der Waals surface area (Å²) in [4.78, 5) is 19.1. The van der Waals surface area contributed by atoms with Crippen molar-refractivity contribution < 1.29 is 9.21 Å². The maximum atomic E-state index is 13.0. The van der Waals surface area contributed by atoms with Crippen LogP contribution in [0.15, 0.2) is 70.1 Å². The molecule has 0 unspecified atom stereocenters. The van der Waals surface area contributed by atoms with Gasteiger partial charge in [0.25, 0.3) is 5.91 Å². The lowest BCUT2D eigenvalue weighted by Crippen LogP contribution is -2.29. The van der Waals surface area contributed by atoms with Gasteiger partial charge < -0.3 is 20.8 Å². The quantitative estimate of drug-likeness (QED) is 0.177. The first kappa shape index (κ1) is 25.0. The minimum Gasteiger partial charge on any atom is -0.456 e. The van der Waals surface area contributed by atoms with Gasteiger partial charge in [0.1, 0.15) is 24.4 Å². The van der Waals surface area contributed by atoms with Gasteiger partial charge in [0, 0.05) is 53.0 Å². The van der Waals surface area contributed by atoms with Gasteiger partial charge in [0.15, 0.2) is 5.96 Å². The van der Waals surface area contributed by atoms with Crippen molar-refractivity contribution >= 4 is 28.5 Å². The molecule has 1 heterocycles. The SMILES string of the molecule is CCN(CC)c1ccc2c(-c3ccccc3C(=O)N=C(N)N)c3ccc(=[N+](CC)CC)cc-3oc2c1. The summed E-state index contributed by atoms with van der Waals surface area (Å²) in [5, 5.41) is 2.00. The standard InChI is InChI=1S/C29H33N5O2/c1-5-33(6-2)19-13-15-23-25(17-19)36-26-18-20(34(7-3)8-4)14-16-24(26)27(23)21-11-9-10-12-22(21)28(35)32-29(30)31/h9-18H,5-8H2,1-4H3,(H3-,30,31,32,35)/p+1. The number of carbonyl (C=O) groups excluding carboxylic acids is 1. The fourth-order valence-electron chi connectivity index (χ4n) is 4.79. The van der Waals surface area contributed by atoms with Crippen molar-refractivity contribution in [3.8, 4) is 22.5 Å². The fraction of sp³-hybridized carbons (Fsp3) is 0.276. The lowest BCUT2D eigenvalue weighted by atomic mass is 9.90. The predicted octanol–water partition coefficient (Wildman–Crippen LogP) is 4.28. The fourth-order valence-corrected chi connectivity index (χ4v) is 4.79. The van der Waals surface area contributed by atoms with Gasteiger partial charge in [-0.1, -0.05) is 18.2 Å². The zero-order valence-electron chi connectivity index (χ0n) is 21.4. The second-order valence-corrected chi connectivity index (χ2v) is 8.57. The number of fused-ring (bicyclic) bond motifs is 2. The van der Waals surface area contributed by atoms with E-state index in [-0.39, 0.29) is 5.96 Å². The lowest BCUT2D eigenvalue weighted by Gasteiger charge is -2.22. The van der Waals surface area contributed by atoms with Crippen LogP contribution in [0.25, 0.3) is 33.4 Å². The smallest absolute Gasteiger partial charge is 0.280 e. The molecule has 0 aromatic heterocycles. The van der Waals surface area contributed by atoms with E-state index in [0.717, 1.165) is 70.6 Å². The molecule has 1 aliphatic carbocycles. The third-order valence-corrected chi connectivity index (χ3v) is 6.60. The van der Waals surface area contributed by atoms with Crippen LogP contribution < -0.4 is 26.3 Å². The Morgan fingerprint density at radius 1 is 0.917 bits per heavy atom. The van der Waals surface area contributed by atoms with E-state index >= 15 is 0 Å². The lowest BCUT2D eigenvalue weighted by molar-refractivity contribution is 0.100. The molecule has 0 spiro atoms. The number of amides is 1. The second-order valence-electron chi connectivity index (χ2n) is 8.57. The van der Waals surface area contributed by atoms with Gasteiger partial charge in [-0.25, -0.2) is 4.58 Å². The van der Waals surface area contributed by atoms with Crippen LogP contribution in [0.1, 0.15) is 38.1 Å². The molecule has 0 radical (unpaired) electrons. The normalized spacial score (nSPS) is 11.0. The van der Waals surface area contributed by atoms with Gasteiger partial charge in [-0.15, -0.1) is 0 Å². The minimum absolute atomic E-state index is 0.264. The van der Waals surface area contributed by atoms with Gasteiger partial charge in [-0.2, -0.15) is 4.99 Å². The number of rotatable bonds is 7. The number of hydrogen-bond donors (Lipinski definition) is 2. The molecule has 0 bridgehead atoms. The molecule has 186 valence electrons. The van der Waals surface area contributed by atoms with Gasteiger partial charge >= 0.3 is 0 Å². The van der Waals surface area contributed by atoms with Crippen LogP contribution in [0.4, 0.5) is 5.69 Å². The van der Waals surface area contributed by atoms with E-state index in [1.807, 2.05) is 18.2 Å². The van der Waals surface area contributed by atoms with Crippen LogP contribution in [0, 0.1) is 0 Å². The van der Waals surface area contributed by atoms with Gasteiger partial charge in [-0.05, 0) is 57.5 Å². The van der Waals surface area contributed by atoms with Gasteiger partial charge in [-0.3, -0.25) is 4.79 Å². The van der Waals surface area contributed by atoms with Crippen LogP contribution in [0.3, 0.4) is 0 Å². The van der Waals surface area contributed by atoms with Crippen molar-refractivity contribution in [2.24, 2.45) is 16.5 Å². The topological polar surface area (TPSA) is 101 Å². The van der Waals surface area contributed by atoms with Crippen LogP contribution in [0.5, 0.6) is 0 Å². The first-order valence-corrected chi connectivity index (χ1v) is 12.5. The molecule has 1 amide bonds. The molecule has 4 rings (SSSR count). The Kier molecular flexibility index (Phi) is 7.38. The number of benzene rings is 3. The molecule has 0 atom stereocenters. The summed E-state index contributed by atoms with van der Waals surface area (Å²) in [5.74, 6) is 0.00946. The van der Waals surface area contributed by atoms with E-state index in [4.69, 9.17) is 15.9 Å². The maximum Gasteiger partial charge on any atom is 0.280 e. The summed E-state index contributed by atoms with van der Waals surface area (Å²) in [6.07, 6.45) is 0. The Morgan fingerprint density at radius 3 is 2.31 bits per heavy atom. The Hall–Kier alpha value is -4.13. The number of aliphatic imine (C=N–C) groups is 1. The molecule has 0 saturated heterocycles. The van der Waals surface area contributed by atoms with Crippen molar-refractivity contribution in [1.82, 2.24) is 4.58 Å². The molecule has 7 heteroatoms. The molecular weight excluding hydrogens is 450 g/mol. The number of nitrogens with two attached hydrogens (primary N) is 2. The first-order chi connectivity index (χ1) is 17.4. The Balaban J connectivity index is 2.12. The van der Waals surface area contributed by atoms with Crippen molar-refractivity contribution in [3.05, 3.63) is 71.6 Å². The van der Waals surface area contributed by atoms with Crippen LogP contribution >= 0.6 is 0 Å². The predicted molar refractivity (Wildman–Crippen MR) is 148 cm³/mol. The Bertz CT molecular complexity index is 1470. The number of carbonyl (C=O) groups is 1. The summed E-state index contributed by atoms with van der Waals surface area (Å²) in [6, 6.07) is 19.9. The molecule has 1 aliphatic heterocycles. The Labute approximate surface area is 211 Å². The van der Waals surface area contributed by atoms with Crippen LogP contribution in [-0.4, -0.2) is 38.0 Å². The Morgan fingerprint density at radius 2 is 1.64 bits per heavy atom. The average Bonchev–Trinajstić information content (AvgIpc) is 2.88. The molecule has 36 heavy (non-hydrogen) atoms. The number of hydrogen-bond acceptors (Lipinski definition) is 3. The minimum atomic E-state index is -0.479. The highest BCUT2D eigenvalue weighted by molar-refractivity contribution is 6.11. The van der Waals surface area contributed by atoms with Gasteiger partial charge in [0.2, 0.25) is 5.36 Å². The monoisotopic (exact) mass is 484 g/mol. The van der Waals surface area contributed by atoms with E-state index < -0.39 is 5.91 Å².